The fourth-order valence-corrected chi connectivity index (χ4v) is 7.30. The number of carbonyl (C=O) groups is 2. The standard InChI is InChI=1S/C40H68N2O8/c1-8-32(43)20-22-40(7,48)35(50-38(46)42-25-23-41(24-26-42)31-16-12-10-11-13-17-31)19-18-29(4)36(45)28(3)15-14-21-39(6,47)27-34-37(49-34)30(5)33(44)9-2/h14-15,18-19,21,29-35,37,43-44,47-48H,8-13,16-17,20,22-27H2,1-7H3. The number of ether oxygens (including phenoxy) is 2. The Morgan fingerprint density at radius 2 is 1.60 bits per heavy atom. The van der Waals surface area contributed by atoms with Gasteiger partial charge < -0.3 is 34.8 Å². The predicted octanol–water partition coefficient (Wildman–Crippen LogP) is 5.71. The van der Waals surface area contributed by atoms with Gasteiger partial charge >= 0.3 is 6.09 Å². The highest BCUT2D eigenvalue weighted by Crippen LogP contribution is 2.37. The lowest BCUT2D eigenvalue weighted by Gasteiger charge is -2.40. The molecular weight excluding hydrogens is 636 g/mol. The van der Waals surface area contributed by atoms with Gasteiger partial charge in [0.2, 0.25) is 0 Å². The maximum Gasteiger partial charge on any atom is 0.410 e. The predicted molar refractivity (Wildman–Crippen MR) is 197 cm³/mol. The molecule has 2 saturated heterocycles. The minimum Gasteiger partial charge on any atom is -0.439 e. The molecule has 2 aliphatic heterocycles. The van der Waals surface area contributed by atoms with Gasteiger partial charge in [0.1, 0.15) is 5.60 Å². The van der Waals surface area contributed by atoms with Crippen LogP contribution in [0.4, 0.5) is 4.79 Å². The lowest BCUT2D eigenvalue weighted by Crippen LogP contribution is -2.53. The maximum atomic E-state index is 13.4. The summed E-state index contributed by atoms with van der Waals surface area (Å²) in [4.78, 5) is 30.9. The molecule has 286 valence electrons. The molecule has 0 bridgehead atoms. The molecule has 1 saturated carbocycles. The number of Topliss-reactive ketones (excluding diaryl/α,β-unsaturated/α-hetero) is 1. The van der Waals surface area contributed by atoms with E-state index >= 15 is 0 Å². The van der Waals surface area contributed by atoms with Gasteiger partial charge in [0.15, 0.2) is 11.9 Å². The summed E-state index contributed by atoms with van der Waals surface area (Å²) >= 11 is 0. The number of carbonyl (C=O) groups excluding carboxylic acids is 2. The second kappa shape index (κ2) is 19.7. The summed E-state index contributed by atoms with van der Waals surface area (Å²) in [5.74, 6) is -0.701. The SMILES string of the molecule is CCC(O)CCC(C)(O)C(C=CC(C)C(=O)C(C)=CC=CC(C)(O)CC1OC1C(C)C(O)CC)OC(=O)N1CCN(C2CCCCCC2)CC1. The van der Waals surface area contributed by atoms with Crippen molar-refractivity contribution < 1.29 is 39.5 Å². The van der Waals surface area contributed by atoms with Gasteiger partial charge in [-0.3, -0.25) is 9.69 Å². The lowest BCUT2D eigenvalue weighted by molar-refractivity contribution is -0.117. The Kier molecular flexibility index (Phi) is 16.7. The van der Waals surface area contributed by atoms with Crippen molar-refractivity contribution in [3.63, 3.8) is 0 Å². The number of allylic oxidation sites excluding steroid dienone is 4. The average molecular weight is 705 g/mol. The number of nitrogens with zero attached hydrogens (tertiary/aromatic N) is 2. The molecule has 0 spiro atoms. The Morgan fingerprint density at radius 1 is 0.960 bits per heavy atom. The number of piperazine rings is 1. The Labute approximate surface area is 301 Å². The van der Waals surface area contributed by atoms with E-state index in [1.807, 2.05) is 20.8 Å². The number of hydrogen-bond acceptors (Lipinski definition) is 9. The highest BCUT2D eigenvalue weighted by Gasteiger charge is 2.47. The van der Waals surface area contributed by atoms with Gasteiger partial charge in [0, 0.05) is 50.5 Å². The fourth-order valence-electron chi connectivity index (χ4n) is 7.30. The molecule has 9 unspecified atom stereocenters. The first-order valence-corrected chi connectivity index (χ1v) is 19.3. The zero-order chi connectivity index (χ0) is 37.1. The summed E-state index contributed by atoms with van der Waals surface area (Å²) < 4.78 is 11.7. The van der Waals surface area contributed by atoms with E-state index in [9.17, 15) is 30.0 Å². The van der Waals surface area contributed by atoms with Crippen molar-refractivity contribution in [2.24, 2.45) is 11.8 Å². The van der Waals surface area contributed by atoms with Crippen LogP contribution in [0.3, 0.4) is 0 Å². The molecule has 50 heavy (non-hydrogen) atoms. The van der Waals surface area contributed by atoms with Gasteiger partial charge in [-0.25, -0.2) is 4.79 Å². The lowest BCUT2D eigenvalue weighted by atomic mass is 9.89. The monoisotopic (exact) mass is 704 g/mol. The number of aliphatic hydroxyl groups excluding tert-OH is 2. The van der Waals surface area contributed by atoms with Gasteiger partial charge in [-0.05, 0) is 70.9 Å². The van der Waals surface area contributed by atoms with Gasteiger partial charge in [-0.2, -0.15) is 0 Å². The maximum absolute atomic E-state index is 13.4. The van der Waals surface area contributed by atoms with E-state index in [-0.39, 0.29) is 30.3 Å². The van der Waals surface area contributed by atoms with Crippen molar-refractivity contribution in [3.05, 3.63) is 36.0 Å². The second-order valence-electron chi connectivity index (χ2n) is 15.7. The first kappa shape index (κ1) is 42.3. The van der Waals surface area contributed by atoms with Crippen LogP contribution in [-0.4, -0.2) is 116 Å². The van der Waals surface area contributed by atoms with Crippen molar-refractivity contribution >= 4 is 11.9 Å². The molecule has 4 N–H and O–H groups in total. The second-order valence-corrected chi connectivity index (χ2v) is 15.7. The largest absolute Gasteiger partial charge is 0.439 e. The van der Waals surface area contributed by atoms with E-state index in [4.69, 9.17) is 9.47 Å². The minimum absolute atomic E-state index is 0.000190. The minimum atomic E-state index is -1.46. The molecule has 0 aromatic rings. The normalized spacial score (nSPS) is 26.9. The van der Waals surface area contributed by atoms with Crippen LogP contribution >= 0.6 is 0 Å². The van der Waals surface area contributed by atoms with Gasteiger partial charge in [0.25, 0.3) is 0 Å². The zero-order valence-electron chi connectivity index (χ0n) is 31.9. The molecule has 0 radical (unpaired) electrons. The van der Waals surface area contributed by atoms with Gasteiger partial charge in [0.05, 0.1) is 30.0 Å². The van der Waals surface area contributed by atoms with Crippen LogP contribution in [0, 0.1) is 11.8 Å². The molecule has 10 nitrogen and oxygen atoms in total. The number of epoxide rings is 1. The van der Waals surface area contributed by atoms with Gasteiger partial charge in [-0.1, -0.05) is 77.7 Å². The number of hydrogen-bond donors (Lipinski definition) is 4. The molecule has 10 heteroatoms. The summed E-state index contributed by atoms with van der Waals surface area (Å²) in [5.41, 5.74) is -2.10. The first-order valence-electron chi connectivity index (χ1n) is 19.3. The zero-order valence-corrected chi connectivity index (χ0v) is 31.9. The van der Waals surface area contributed by atoms with Crippen LogP contribution < -0.4 is 0 Å². The summed E-state index contributed by atoms with van der Waals surface area (Å²) in [6.45, 7) is 15.3. The van der Waals surface area contributed by atoms with E-state index in [0.29, 0.717) is 50.4 Å². The van der Waals surface area contributed by atoms with E-state index in [2.05, 4.69) is 4.90 Å². The van der Waals surface area contributed by atoms with E-state index in [1.54, 1.807) is 63.0 Å². The van der Waals surface area contributed by atoms with Crippen LogP contribution in [0.5, 0.6) is 0 Å². The van der Waals surface area contributed by atoms with Crippen LogP contribution in [0.15, 0.2) is 36.0 Å². The number of aliphatic hydroxyl groups is 4. The van der Waals surface area contributed by atoms with Crippen LogP contribution in [-0.2, 0) is 14.3 Å². The quantitative estimate of drug-likeness (QED) is 0.0464. The Hall–Kier alpha value is -2.08. The molecule has 3 fully saturated rings. The van der Waals surface area contributed by atoms with E-state index in [0.717, 1.165) is 13.1 Å². The van der Waals surface area contributed by atoms with Crippen molar-refractivity contribution in [2.45, 2.75) is 167 Å². The third-order valence-corrected chi connectivity index (χ3v) is 11.2. The van der Waals surface area contributed by atoms with Crippen LogP contribution in [0.2, 0.25) is 0 Å². The van der Waals surface area contributed by atoms with Crippen molar-refractivity contribution in [1.82, 2.24) is 9.80 Å². The molecule has 9 atom stereocenters. The third kappa shape index (κ3) is 13.2. The highest BCUT2D eigenvalue weighted by atomic mass is 16.6. The van der Waals surface area contributed by atoms with Crippen molar-refractivity contribution in [2.75, 3.05) is 26.2 Å². The topological polar surface area (TPSA) is 143 Å². The van der Waals surface area contributed by atoms with Crippen LogP contribution in [0.25, 0.3) is 0 Å². The van der Waals surface area contributed by atoms with Crippen molar-refractivity contribution in [3.8, 4) is 0 Å². The van der Waals surface area contributed by atoms with Crippen molar-refractivity contribution in [1.29, 1.82) is 0 Å². The highest BCUT2D eigenvalue weighted by molar-refractivity contribution is 5.97. The summed E-state index contributed by atoms with van der Waals surface area (Å²) in [6, 6.07) is 0.581. The first-order chi connectivity index (χ1) is 23.6. The molecule has 1 amide bonds. The molecule has 3 rings (SSSR count). The smallest absolute Gasteiger partial charge is 0.410 e. The van der Waals surface area contributed by atoms with E-state index < -0.39 is 41.5 Å². The Morgan fingerprint density at radius 3 is 2.20 bits per heavy atom. The molecule has 3 aliphatic rings. The molecular formula is C40H68N2O8. The number of rotatable bonds is 18. The number of amides is 1. The Balaban J connectivity index is 1.61. The summed E-state index contributed by atoms with van der Waals surface area (Å²) in [5, 5.41) is 42.7. The van der Waals surface area contributed by atoms with E-state index in [1.165, 1.54) is 38.5 Å². The molecule has 0 aromatic carbocycles. The molecule has 2 heterocycles. The summed E-state index contributed by atoms with van der Waals surface area (Å²) in [7, 11) is 0. The molecule has 1 aliphatic carbocycles. The fraction of sp³-hybridized carbons (Fsp3) is 0.800. The van der Waals surface area contributed by atoms with Crippen LogP contribution in [0.1, 0.15) is 119 Å². The third-order valence-electron chi connectivity index (χ3n) is 11.2. The number of ketones is 1. The summed E-state index contributed by atoms with van der Waals surface area (Å²) in [6.07, 6.45) is 15.3. The Bertz CT molecular complexity index is 1150. The van der Waals surface area contributed by atoms with Gasteiger partial charge in [-0.15, -0.1) is 0 Å². The average Bonchev–Trinajstić information content (AvgIpc) is 3.90. The molecule has 0 aromatic heterocycles.